The predicted molar refractivity (Wildman–Crippen MR) is 83.8 cm³/mol. The van der Waals surface area contributed by atoms with Gasteiger partial charge in [-0.3, -0.25) is 4.79 Å². The summed E-state index contributed by atoms with van der Waals surface area (Å²) in [7, 11) is -3.81. The van der Waals surface area contributed by atoms with Gasteiger partial charge in [0.15, 0.2) is 5.16 Å². The molecule has 0 unspecified atom stereocenters. The van der Waals surface area contributed by atoms with Crippen molar-refractivity contribution >= 4 is 33.4 Å². The van der Waals surface area contributed by atoms with Crippen LogP contribution in [0.4, 0.5) is 5.69 Å². The van der Waals surface area contributed by atoms with Gasteiger partial charge >= 0.3 is 0 Å². The molecule has 0 bridgehead atoms. The number of nitrogens with two attached hydrogens (primary N) is 1. The van der Waals surface area contributed by atoms with Crippen LogP contribution in [0.15, 0.2) is 52.8 Å². The van der Waals surface area contributed by atoms with Gasteiger partial charge in [0, 0.05) is 18.1 Å². The molecule has 7 nitrogen and oxygen atoms in total. The highest BCUT2D eigenvalue weighted by Crippen LogP contribution is 2.20. The van der Waals surface area contributed by atoms with Crippen LogP contribution in [0.5, 0.6) is 0 Å². The first-order chi connectivity index (χ1) is 10.4. The van der Waals surface area contributed by atoms with E-state index in [9.17, 15) is 13.2 Å². The van der Waals surface area contributed by atoms with Crippen LogP contribution < -0.4 is 10.5 Å². The minimum atomic E-state index is -3.81. The van der Waals surface area contributed by atoms with Gasteiger partial charge in [-0.25, -0.2) is 23.5 Å². The smallest absolute Gasteiger partial charge is 0.238 e. The third-order valence-electron chi connectivity index (χ3n) is 2.62. The van der Waals surface area contributed by atoms with Crippen molar-refractivity contribution in [3.8, 4) is 0 Å². The van der Waals surface area contributed by atoms with E-state index in [4.69, 9.17) is 5.14 Å². The van der Waals surface area contributed by atoms with Crippen LogP contribution in [0.25, 0.3) is 0 Å². The van der Waals surface area contributed by atoms with E-state index in [0.29, 0.717) is 10.8 Å². The maximum Gasteiger partial charge on any atom is 0.238 e. The number of benzene rings is 1. The molecule has 0 aliphatic rings. The Kier molecular flexibility index (Phi) is 5.11. The zero-order chi connectivity index (χ0) is 16.2. The Balaban J connectivity index is 2.06. The lowest BCUT2D eigenvalue weighted by Gasteiger charge is -2.11. The number of carbonyl (C=O) groups excluding carboxylic acids is 1. The number of amides is 1. The maximum atomic E-state index is 12.1. The molecule has 2 rings (SSSR count). The van der Waals surface area contributed by atoms with E-state index in [0.717, 1.165) is 0 Å². The largest absolute Gasteiger partial charge is 0.325 e. The van der Waals surface area contributed by atoms with Gasteiger partial charge in [0.05, 0.1) is 10.1 Å². The molecule has 116 valence electrons. The van der Waals surface area contributed by atoms with Gasteiger partial charge in [-0.15, -0.1) is 0 Å². The molecule has 1 heterocycles. The van der Waals surface area contributed by atoms with Crippen molar-refractivity contribution in [3.05, 3.63) is 42.7 Å². The molecule has 2 aromatic rings. The number of nitrogens with zero attached hydrogens (tertiary/aromatic N) is 2. The molecule has 0 fully saturated rings. The maximum absolute atomic E-state index is 12.1. The van der Waals surface area contributed by atoms with Gasteiger partial charge in [-0.05, 0) is 31.2 Å². The molecule has 3 N–H and O–H groups in total. The third kappa shape index (κ3) is 4.52. The van der Waals surface area contributed by atoms with Gasteiger partial charge < -0.3 is 5.32 Å². The number of anilines is 1. The molecule has 22 heavy (non-hydrogen) atoms. The van der Waals surface area contributed by atoms with E-state index >= 15 is 0 Å². The molecule has 9 heteroatoms. The fraction of sp³-hybridized carbons (Fsp3) is 0.154. The van der Waals surface area contributed by atoms with E-state index in [2.05, 4.69) is 15.3 Å². The summed E-state index contributed by atoms with van der Waals surface area (Å²) in [4.78, 5) is 20.1. The molecule has 0 saturated heterocycles. The number of primary sulfonamides is 1. The highest BCUT2D eigenvalue weighted by Gasteiger charge is 2.16. The van der Waals surface area contributed by atoms with Crippen LogP contribution in [-0.4, -0.2) is 29.5 Å². The number of thioether (sulfide) groups is 1. The van der Waals surface area contributed by atoms with Gasteiger partial charge in [0.2, 0.25) is 15.9 Å². The highest BCUT2D eigenvalue weighted by molar-refractivity contribution is 8.00. The van der Waals surface area contributed by atoms with Crippen LogP contribution in [0.2, 0.25) is 0 Å². The Morgan fingerprint density at radius 2 is 1.95 bits per heavy atom. The highest BCUT2D eigenvalue weighted by atomic mass is 32.2. The monoisotopic (exact) mass is 338 g/mol. The first-order valence-electron chi connectivity index (χ1n) is 6.23. The van der Waals surface area contributed by atoms with E-state index in [-0.39, 0.29) is 10.8 Å². The lowest BCUT2D eigenvalue weighted by molar-refractivity contribution is -0.115. The van der Waals surface area contributed by atoms with Crippen molar-refractivity contribution in [1.29, 1.82) is 0 Å². The molecular weight excluding hydrogens is 324 g/mol. The average Bonchev–Trinajstić information content (AvgIpc) is 2.47. The number of sulfonamides is 1. The summed E-state index contributed by atoms with van der Waals surface area (Å²) in [5.74, 6) is -0.288. The lowest BCUT2D eigenvalue weighted by atomic mass is 10.3. The first-order valence-corrected chi connectivity index (χ1v) is 8.66. The summed E-state index contributed by atoms with van der Waals surface area (Å²) in [5, 5.41) is 7.74. The predicted octanol–water partition coefficient (Wildman–Crippen LogP) is 1.24. The number of carbonyl (C=O) groups is 1. The minimum absolute atomic E-state index is 0.0583. The van der Waals surface area contributed by atoms with Crippen LogP contribution in [0.3, 0.4) is 0 Å². The zero-order valence-electron chi connectivity index (χ0n) is 11.6. The van der Waals surface area contributed by atoms with Crippen molar-refractivity contribution in [2.75, 3.05) is 5.32 Å². The fourth-order valence-electron chi connectivity index (χ4n) is 1.55. The summed E-state index contributed by atoms with van der Waals surface area (Å²) in [6.07, 6.45) is 3.19. The van der Waals surface area contributed by atoms with E-state index in [1.807, 2.05) is 0 Å². The molecule has 0 spiro atoms. The van der Waals surface area contributed by atoms with E-state index in [1.165, 1.54) is 30.0 Å². The van der Waals surface area contributed by atoms with Gasteiger partial charge in [0.1, 0.15) is 0 Å². The Labute approximate surface area is 132 Å². The zero-order valence-corrected chi connectivity index (χ0v) is 13.3. The number of aromatic nitrogens is 2. The number of hydrogen-bond donors (Lipinski definition) is 2. The standard InChI is InChI=1S/C13H14N4O3S2/c1-9(21-13-15-6-3-7-16-13)12(18)17-10-4-2-5-11(8-10)22(14,19)20/h2-9H,1H3,(H,17,18)(H2,14,19,20)/t9-/m0/s1. The molecule has 1 aromatic heterocycles. The van der Waals surface area contributed by atoms with E-state index in [1.54, 1.807) is 31.5 Å². The molecule has 1 atom stereocenters. The Morgan fingerprint density at radius 3 is 2.59 bits per heavy atom. The molecule has 0 saturated carbocycles. The Hall–Kier alpha value is -1.97. The number of rotatable bonds is 5. The average molecular weight is 338 g/mol. The summed E-state index contributed by atoms with van der Waals surface area (Å²) in [6, 6.07) is 7.45. The van der Waals surface area contributed by atoms with Crippen LogP contribution in [-0.2, 0) is 14.8 Å². The SMILES string of the molecule is C[C@H](Sc1ncccn1)C(=O)Nc1cccc(S(N)(=O)=O)c1. The van der Waals surface area contributed by atoms with Gasteiger partial charge in [0.25, 0.3) is 0 Å². The summed E-state index contributed by atoms with van der Waals surface area (Å²) < 4.78 is 22.6. The van der Waals surface area contributed by atoms with Crippen molar-refractivity contribution in [3.63, 3.8) is 0 Å². The second-order valence-electron chi connectivity index (χ2n) is 4.35. The van der Waals surface area contributed by atoms with Gasteiger partial charge in [-0.1, -0.05) is 17.8 Å². The van der Waals surface area contributed by atoms with Crippen LogP contribution >= 0.6 is 11.8 Å². The lowest BCUT2D eigenvalue weighted by Crippen LogP contribution is -2.23. The van der Waals surface area contributed by atoms with Crippen LogP contribution in [0.1, 0.15) is 6.92 Å². The van der Waals surface area contributed by atoms with E-state index < -0.39 is 15.3 Å². The quantitative estimate of drug-likeness (QED) is 0.626. The Bertz CT molecular complexity index is 766. The summed E-state index contributed by atoms with van der Waals surface area (Å²) in [5.41, 5.74) is 0.359. The molecule has 1 aromatic carbocycles. The Morgan fingerprint density at radius 1 is 1.27 bits per heavy atom. The van der Waals surface area contributed by atoms with Crippen molar-refractivity contribution in [2.24, 2.45) is 5.14 Å². The first kappa shape index (κ1) is 16.4. The van der Waals surface area contributed by atoms with Crippen molar-refractivity contribution < 1.29 is 13.2 Å². The number of hydrogen-bond acceptors (Lipinski definition) is 6. The van der Waals surface area contributed by atoms with Gasteiger partial charge in [-0.2, -0.15) is 0 Å². The topological polar surface area (TPSA) is 115 Å². The molecule has 0 aliphatic heterocycles. The molecule has 1 amide bonds. The third-order valence-corrected chi connectivity index (χ3v) is 4.52. The fourth-order valence-corrected chi connectivity index (χ4v) is 2.84. The molecular formula is C13H14N4O3S2. The molecule has 0 radical (unpaired) electrons. The second-order valence-corrected chi connectivity index (χ2v) is 7.22. The molecule has 0 aliphatic carbocycles. The second kappa shape index (κ2) is 6.86. The van der Waals surface area contributed by atoms with Crippen LogP contribution in [0, 0.1) is 0 Å². The minimum Gasteiger partial charge on any atom is -0.325 e. The van der Waals surface area contributed by atoms with Crippen molar-refractivity contribution in [1.82, 2.24) is 9.97 Å². The number of nitrogens with one attached hydrogen (secondary N) is 1. The summed E-state index contributed by atoms with van der Waals surface area (Å²) >= 11 is 1.20. The summed E-state index contributed by atoms with van der Waals surface area (Å²) in [6.45, 7) is 1.71. The van der Waals surface area contributed by atoms with Crippen molar-refractivity contribution in [2.45, 2.75) is 22.2 Å². The normalized spacial score (nSPS) is 12.6.